The highest BCUT2D eigenvalue weighted by atomic mass is 16.5. The summed E-state index contributed by atoms with van der Waals surface area (Å²) < 4.78 is 5.51. The molecule has 0 saturated carbocycles. The van der Waals surface area contributed by atoms with E-state index >= 15 is 0 Å². The van der Waals surface area contributed by atoms with E-state index in [1.165, 1.54) is 5.56 Å². The summed E-state index contributed by atoms with van der Waals surface area (Å²) >= 11 is 0. The Bertz CT molecular complexity index is 561. The lowest BCUT2D eigenvalue weighted by atomic mass is 10.0. The second-order valence-corrected chi connectivity index (χ2v) is 4.80. The van der Waals surface area contributed by atoms with Gasteiger partial charge in [-0.05, 0) is 44.0 Å². The molecular weight excluding hydrogens is 238 g/mol. The van der Waals surface area contributed by atoms with Gasteiger partial charge in [0.05, 0.1) is 19.0 Å². The zero-order chi connectivity index (χ0) is 13.8. The third kappa shape index (κ3) is 2.96. The number of ether oxygens (including phenoxy) is 1. The first kappa shape index (κ1) is 13.6. The number of aromatic nitrogens is 2. The molecule has 0 aliphatic carbocycles. The lowest BCUT2D eigenvalue weighted by molar-refractivity contribution is 0.413. The molecule has 19 heavy (non-hydrogen) atoms. The van der Waals surface area contributed by atoms with E-state index in [4.69, 9.17) is 10.5 Å². The second-order valence-electron chi connectivity index (χ2n) is 4.80. The molecule has 1 heterocycles. The fourth-order valence-electron chi connectivity index (χ4n) is 2.32. The molecule has 0 aliphatic rings. The third-order valence-corrected chi connectivity index (χ3v) is 3.16. The number of hydrogen-bond donors (Lipinski definition) is 2. The maximum atomic E-state index is 5.52. The number of rotatable bonds is 5. The van der Waals surface area contributed by atoms with Crippen molar-refractivity contribution >= 4 is 0 Å². The third-order valence-electron chi connectivity index (χ3n) is 3.16. The molecule has 102 valence electrons. The molecule has 4 nitrogen and oxygen atoms in total. The number of aromatic amines is 1. The Morgan fingerprint density at radius 1 is 1.32 bits per heavy atom. The van der Waals surface area contributed by atoms with Gasteiger partial charge in [0.25, 0.3) is 0 Å². The van der Waals surface area contributed by atoms with Gasteiger partial charge in [0.15, 0.2) is 0 Å². The van der Waals surface area contributed by atoms with Crippen LogP contribution in [0.2, 0.25) is 0 Å². The number of nitrogens with two attached hydrogens (primary N) is 1. The Morgan fingerprint density at radius 3 is 2.79 bits per heavy atom. The molecule has 2 aromatic rings. The number of H-pyrrole nitrogens is 1. The van der Waals surface area contributed by atoms with Crippen LogP contribution in [0.1, 0.15) is 23.4 Å². The fourth-order valence-corrected chi connectivity index (χ4v) is 2.32. The molecule has 2 rings (SSSR count). The smallest absolute Gasteiger partial charge is 0.131 e. The number of nitrogens with one attached hydrogen (secondary N) is 1. The summed E-state index contributed by atoms with van der Waals surface area (Å²) in [5, 5.41) is 0. The average Bonchev–Trinajstić information content (AvgIpc) is 2.84. The standard InChI is InChI=1S/C15H21N3O/c1-10-7-11(2)15(19-3)12(8-10)13-9-17-14(18-13)5-4-6-16/h7-9H,4-6,16H2,1-3H3,(H,17,18). The molecule has 0 aliphatic heterocycles. The van der Waals surface area contributed by atoms with Crippen LogP contribution in [-0.4, -0.2) is 23.6 Å². The fraction of sp³-hybridized carbons (Fsp3) is 0.400. The summed E-state index contributed by atoms with van der Waals surface area (Å²) in [5.41, 5.74) is 9.92. The van der Waals surface area contributed by atoms with Gasteiger partial charge >= 0.3 is 0 Å². The number of imidazole rings is 1. The van der Waals surface area contributed by atoms with Gasteiger partial charge in [0.2, 0.25) is 0 Å². The molecule has 0 spiro atoms. The van der Waals surface area contributed by atoms with Gasteiger partial charge in [-0.15, -0.1) is 0 Å². The van der Waals surface area contributed by atoms with Crippen LogP contribution >= 0.6 is 0 Å². The molecule has 0 radical (unpaired) electrons. The summed E-state index contributed by atoms with van der Waals surface area (Å²) in [5.74, 6) is 1.88. The van der Waals surface area contributed by atoms with Crippen molar-refractivity contribution in [1.29, 1.82) is 0 Å². The van der Waals surface area contributed by atoms with E-state index in [-0.39, 0.29) is 0 Å². The van der Waals surface area contributed by atoms with E-state index in [1.54, 1.807) is 7.11 Å². The van der Waals surface area contributed by atoms with Crippen molar-refractivity contribution in [3.05, 3.63) is 35.3 Å². The maximum absolute atomic E-state index is 5.52. The molecule has 1 aromatic heterocycles. The molecule has 0 unspecified atom stereocenters. The van der Waals surface area contributed by atoms with Crippen molar-refractivity contribution in [3.8, 4) is 17.0 Å². The Balaban J connectivity index is 2.38. The summed E-state index contributed by atoms with van der Waals surface area (Å²) in [6, 6.07) is 4.24. The molecule has 0 fully saturated rings. The van der Waals surface area contributed by atoms with Crippen LogP contribution < -0.4 is 10.5 Å². The summed E-state index contributed by atoms with van der Waals surface area (Å²) in [6.07, 6.45) is 3.68. The van der Waals surface area contributed by atoms with Crippen molar-refractivity contribution in [2.75, 3.05) is 13.7 Å². The summed E-state index contributed by atoms with van der Waals surface area (Å²) in [7, 11) is 1.70. The van der Waals surface area contributed by atoms with Crippen LogP contribution in [0.5, 0.6) is 5.75 Å². The Hall–Kier alpha value is -1.81. The number of benzene rings is 1. The van der Waals surface area contributed by atoms with Gasteiger partial charge in [0.1, 0.15) is 11.6 Å². The zero-order valence-electron chi connectivity index (χ0n) is 11.8. The topological polar surface area (TPSA) is 63.9 Å². The first-order chi connectivity index (χ1) is 9.15. The van der Waals surface area contributed by atoms with Gasteiger partial charge in [-0.2, -0.15) is 0 Å². The number of aryl methyl sites for hydroxylation is 3. The first-order valence-electron chi connectivity index (χ1n) is 6.55. The van der Waals surface area contributed by atoms with Crippen LogP contribution in [0.3, 0.4) is 0 Å². The molecule has 0 saturated heterocycles. The van der Waals surface area contributed by atoms with Crippen LogP contribution in [0.4, 0.5) is 0 Å². The van der Waals surface area contributed by atoms with Crippen LogP contribution in [0.25, 0.3) is 11.3 Å². The van der Waals surface area contributed by atoms with Crippen LogP contribution in [-0.2, 0) is 6.42 Å². The highest BCUT2D eigenvalue weighted by molar-refractivity contribution is 5.69. The minimum atomic E-state index is 0.683. The Morgan fingerprint density at radius 2 is 2.11 bits per heavy atom. The number of methoxy groups -OCH3 is 1. The Kier molecular flexibility index (Phi) is 4.22. The predicted molar refractivity (Wildman–Crippen MR) is 77.4 cm³/mol. The van der Waals surface area contributed by atoms with Gasteiger partial charge in [0, 0.05) is 12.0 Å². The van der Waals surface area contributed by atoms with Gasteiger partial charge < -0.3 is 15.5 Å². The van der Waals surface area contributed by atoms with Crippen molar-refractivity contribution in [2.45, 2.75) is 26.7 Å². The average molecular weight is 259 g/mol. The van der Waals surface area contributed by atoms with E-state index in [0.717, 1.165) is 41.2 Å². The minimum Gasteiger partial charge on any atom is -0.496 e. The van der Waals surface area contributed by atoms with E-state index in [9.17, 15) is 0 Å². The first-order valence-corrected chi connectivity index (χ1v) is 6.55. The molecule has 0 atom stereocenters. The number of nitrogens with zero attached hydrogens (tertiary/aromatic N) is 1. The number of hydrogen-bond acceptors (Lipinski definition) is 3. The predicted octanol–water partition coefficient (Wildman–Crippen LogP) is 2.59. The Labute approximate surface area is 114 Å². The normalized spacial score (nSPS) is 10.7. The highest BCUT2D eigenvalue weighted by Gasteiger charge is 2.12. The molecule has 0 bridgehead atoms. The molecule has 4 heteroatoms. The second kappa shape index (κ2) is 5.89. The van der Waals surface area contributed by atoms with Crippen molar-refractivity contribution in [3.63, 3.8) is 0 Å². The van der Waals surface area contributed by atoms with E-state index < -0.39 is 0 Å². The van der Waals surface area contributed by atoms with Crippen molar-refractivity contribution in [2.24, 2.45) is 5.73 Å². The van der Waals surface area contributed by atoms with Crippen LogP contribution in [0, 0.1) is 13.8 Å². The molecule has 0 amide bonds. The van der Waals surface area contributed by atoms with Crippen molar-refractivity contribution < 1.29 is 4.74 Å². The molecule has 3 N–H and O–H groups in total. The van der Waals surface area contributed by atoms with Crippen LogP contribution in [0.15, 0.2) is 18.3 Å². The van der Waals surface area contributed by atoms with E-state index in [1.807, 2.05) is 6.20 Å². The largest absolute Gasteiger partial charge is 0.496 e. The SMILES string of the molecule is COc1c(C)cc(C)cc1-c1cnc(CCCN)[nH]1. The van der Waals surface area contributed by atoms with Gasteiger partial charge in [-0.3, -0.25) is 0 Å². The van der Waals surface area contributed by atoms with Crippen molar-refractivity contribution in [1.82, 2.24) is 9.97 Å². The monoisotopic (exact) mass is 259 g/mol. The van der Waals surface area contributed by atoms with Gasteiger partial charge in [-0.25, -0.2) is 4.98 Å². The molecule has 1 aromatic carbocycles. The quantitative estimate of drug-likeness (QED) is 0.867. The summed E-state index contributed by atoms with van der Waals surface area (Å²) in [6.45, 7) is 4.82. The lowest BCUT2D eigenvalue weighted by Crippen LogP contribution is -2.01. The maximum Gasteiger partial charge on any atom is 0.131 e. The minimum absolute atomic E-state index is 0.683. The highest BCUT2D eigenvalue weighted by Crippen LogP contribution is 2.33. The lowest BCUT2D eigenvalue weighted by Gasteiger charge is -2.11. The molecular formula is C15H21N3O. The summed E-state index contributed by atoms with van der Waals surface area (Å²) in [4.78, 5) is 7.74. The van der Waals surface area contributed by atoms with Gasteiger partial charge in [-0.1, -0.05) is 6.07 Å². The zero-order valence-corrected chi connectivity index (χ0v) is 11.8. The van der Waals surface area contributed by atoms with E-state index in [0.29, 0.717) is 6.54 Å². The van der Waals surface area contributed by atoms with E-state index in [2.05, 4.69) is 35.9 Å².